The molecule has 0 radical (unpaired) electrons. The smallest absolute Gasteiger partial charge is 0.307 e. The van der Waals surface area contributed by atoms with Crippen molar-refractivity contribution in [1.29, 1.82) is 0 Å². The third-order valence-corrected chi connectivity index (χ3v) is 2.95. The predicted octanol–water partition coefficient (Wildman–Crippen LogP) is 1.70. The number of halogens is 1. The minimum atomic E-state index is -0.672. The molecular weight excluding hydrogens is 253 g/mol. The van der Waals surface area contributed by atoms with Crippen molar-refractivity contribution < 1.29 is 23.5 Å². The van der Waals surface area contributed by atoms with Crippen molar-refractivity contribution in [2.75, 3.05) is 13.8 Å². The molecule has 0 saturated heterocycles. The van der Waals surface area contributed by atoms with Gasteiger partial charge in [0.05, 0.1) is 19.2 Å². The molecule has 0 spiro atoms. The molecule has 2 rings (SSSR count). The van der Waals surface area contributed by atoms with Crippen LogP contribution < -0.4 is 4.74 Å². The van der Waals surface area contributed by atoms with Gasteiger partial charge in [0.2, 0.25) is 0 Å². The summed E-state index contributed by atoms with van der Waals surface area (Å²) in [7, 11) is 1.34. The van der Waals surface area contributed by atoms with E-state index < -0.39 is 17.7 Å². The van der Waals surface area contributed by atoms with Crippen molar-refractivity contribution >= 4 is 11.9 Å². The lowest BCUT2D eigenvalue weighted by atomic mass is 10.1. The first-order valence-corrected chi connectivity index (χ1v) is 5.88. The van der Waals surface area contributed by atoms with E-state index in [4.69, 9.17) is 9.47 Å². The van der Waals surface area contributed by atoms with Crippen molar-refractivity contribution in [3.05, 3.63) is 29.1 Å². The molecule has 0 aromatic heterocycles. The number of esters is 1. The van der Waals surface area contributed by atoms with Gasteiger partial charge in [-0.3, -0.25) is 9.59 Å². The summed E-state index contributed by atoms with van der Waals surface area (Å²) in [6.07, 6.45) is 0.233. The molecule has 0 fully saturated rings. The van der Waals surface area contributed by atoms with E-state index in [1.54, 1.807) is 13.0 Å². The molecule has 0 atom stereocenters. The Morgan fingerprint density at radius 1 is 1.47 bits per heavy atom. The number of benzene rings is 1. The number of amides is 1. The van der Waals surface area contributed by atoms with Crippen LogP contribution in [0.5, 0.6) is 5.75 Å². The molecule has 5 nitrogen and oxygen atoms in total. The minimum Gasteiger partial charge on any atom is -0.494 e. The van der Waals surface area contributed by atoms with Crippen LogP contribution in [0.15, 0.2) is 12.1 Å². The van der Waals surface area contributed by atoms with E-state index in [0.717, 1.165) is 0 Å². The first-order valence-electron chi connectivity index (χ1n) is 5.88. The zero-order valence-corrected chi connectivity index (χ0v) is 10.7. The molecule has 0 saturated carbocycles. The summed E-state index contributed by atoms with van der Waals surface area (Å²) in [5.41, 5.74) is 0.558. The maximum atomic E-state index is 14.0. The van der Waals surface area contributed by atoms with Crippen LogP contribution in [0.4, 0.5) is 4.39 Å². The molecule has 1 aliphatic heterocycles. The molecule has 19 heavy (non-hydrogen) atoms. The van der Waals surface area contributed by atoms with Crippen LogP contribution in [0.2, 0.25) is 0 Å². The normalized spacial score (nSPS) is 13.4. The van der Waals surface area contributed by atoms with Gasteiger partial charge in [0, 0.05) is 6.42 Å². The lowest BCUT2D eigenvalue weighted by molar-refractivity contribution is -0.146. The zero-order chi connectivity index (χ0) is 14.0. The summed E-state index contributed by atoms with van der Waals surface area (Å²) in [4.78, 5) is 24.4. The first kappa shape index (κ1) is 13.3. The fraction of sp³-hybridized carbons (Fsp3) is 0.385. The Bertz CT molecular complexity index is 530. The highest BCUT2D eigenvalue weighted by Gasteiger charge is 2.32. The first-order chi connectivity index (χ1) is 9.08. The summed E-state index contributed by atoms with van der Waals surface area (Å²) in [6, 6.07) is 3.11. The second kappa shape index (κ2) is 5.26. The molecule has 1 amide bonds. The monoisotopic (exact) mass is 267 g/mol. The number of rotatable bonds is 4. The van der Waals surface area contributed by atoms with Crippen LogP contribution >= 0.6 is 0 Å². The maximum absolute atomic E-state index is 14.0. The number of hydrogen-bond acceptors (Lipinski definition) is 4. The lowest BCUT2D eigenvalue weighted by Gasteiger charge is -2.14. The average molecular weight is 267 g/mol. The second-order valence-corrected chi connectivity index (χ2v) is 4.12. The molecular formula is C13H14FNO4. The van der Waals surface area contributed by atoms with Crippen molar-refractivity contribution in [3.8, 4) is 5.75 Å². The molecule has 1 aliphatic rings. The van der Waals surface area contributed by atoms with Crippen LogP contribution in [-0.2, 0) is 16.1 Å². The van der Waals surface area contributed by atoms with Gasteiger partial charge in [0.25, 0.3) is 5.91 Å². The van der Waals surface area contributed by atoms with Gasteiger partial charge in [-0.1, -0.05) is 13.0 Å². The number of hydrogen-bond donors (Lipinski definition) is 0. The highest BCUT2D eigenvalue weighted by atomic mass is 19.1. The van der Waals surface area contributed by atoms with Crippen LogP contribution in [0.3, 0.4) is 0 Å². The molecule has 1 heterocycles. The second-order valence-electron chi connectivity index (χ2n) is 4.12. The predicted molar refractivity (Wildman–Crippen MR) is 64.1 cm³/mol. The summed E-state index contributed by atoms with van der Waals surface area (Å²) < 4.78 is 23.7. The van der Waals surface area contributed by atoms with Crippen molar-refractivity contribution in [1.82, 2.24) is 4.90 Å². The van der Waals surface area contributed by atoms with Gasteiger partial charge in [-0.25, -0.2) is 4.39 Å². The Morgan fingerprint density at radius 2 is 2.21 bits per heavy atom. The number of carbonyl (C=O) groups excluding carboxylic acids is 2. The molecule has 1 aromatic rings. The van der Waals surface area contributed by atoms with Crippen molar-refractivity contribution in [2.45, 2.75) is 19.9 Å². The van der Waals surface area contributed by atoms with Crippen LogP contribution in [0, 0.1) is 5.82 Å². The molecule has 0 N–H and O–H groups in total. The van der Waals surface area contributed by atoms with Crippen LogP contribution in [0.1, 0.15) is 29.3 Å². The van der Waals surface area contributed by atoms with Gasteiger partial charge in [-0.15, -0.1) is 0 Å². The molecule has 0 unspecified atom stereocenters. The number of nitrogens with zero attached hydrogens (tertiary/aromatic N) is 1. The standard InChI is InChI=1S/C13H14FNO4/c1-3-10(16)19-7-15-6-8-4-5-9(18-2)12(14)11(8)13(15)17/h4-5H,3,6-7H2,1-2H3. The fourth-order valence-corrected chi connectivity index (χ4v) is 1.91. The van der Waals surface area contributed by atoms with E-state index in [-0.39, 0.29) is 31.0 Å². The topological polar surface area (TPSA) is 55.8 Å². The van der Waals surface area contributed by atoms with Gasteiger partial charge in [-0.2, -0.15) is 0 Å². The van der Waals surface area contributed by atoms with Gasteiger partial charge >= 0.3 is 5.97 Å². The van der Waals surface area contributed by atoms with Gasteiger partial charge in [0.15, 0.2) is 18.3 Å². The summed E-state index contributed by atoms with van der Waals surface area (Å²) in [5, 5.41) is 0. The molecule has 0 aliphatic carbocycles. The molecule has 0 bridgehead atoms. The Labute approximate surface area is 109 Å². The largest absolute Gasteiger partial charge is 0.494 e. The molecule has 6 heteroatoms. The summed E-state index contributed by atoms with van der Waals surface area (Å²) in [6.45, 7) is 1.72. The Balaban J connectivity index is 2.18. The average Bonchev–Trinajstić information content (AvgIpc) is 2.74. The Kier molecular flexibility index (Phi) is 3.69. The van der Waals surface area contributed by atoms with E-state index in [2.05, 4.69) is 0 Å². The van der Waals surface area contributed by atoms with Crippen molar-refractivity contribution in [3.63, 3.8) is 0 Å². The molecule has 102 valence electrons. The van der Waals surface area contributed by atoms with Gasteiger partial charge in [0.1, 0.15) is 0 Å². The third kappa shape index (κ3) is 2.38. The zero-order valence-electron chi connectivity index (χ0n) is 10.7. The van der Waals surface area contributed by atoms with Gasteiger partial charge in [-0.05, 0) is 11.6 Å². The van der Waals surface area contributed by atoms with E-state index >= 15 is 0 Å². The van der Waals surface area contributed by atoms with Crippen molar-refractivity contribution in [2.24, 2.45) is 0 Å². The SMILES string of the molecule is CCC(=O)OCN1Cc2ccc(OC)c(F)c2C1=O. The Morgan fingerprint density at radius 3 is 2.84 bits per heavy atom. The highest BCUT2D eigenvalue weighted by molar-refractivity contribution is 5.99. The van der Waals surface area contributed by atoms with Crippen LogP contribution in [0.25, 0.3) is 0 Å². The van der Waals surface area contributed by atoms with Crippen LogP contribution in [-0.4, -0.2) is 30.6 Å². The van der Waals surface area contributed by atoms with Gasteiger partial charge < -0.3 is 14.4 Å². The number of methoxy groups -OCH3 is 1. The number of fused-ring (bicyclic) bond motifs is 1. The number of ether oxygens (including phenoxy) is 2. The van der Waals surface area contributed by atoms with E-state index in [9.17, 15) is 14.0 Å². The fourth-order valence-electron chi connectivity index (χ4n) is 1.91. The summed E-state index contributed by atoms with van der Waals surface area (Å²) >= 11 is 0. The van der Waals surface area contributed by atoms with E-state index in [1.165, 1.54) is 18.1 Å². The minimum absolute atomic E-state index is 0.00750. The number of carbonyl (C=O) groups is 2. The lowest BCUT2D eigenvalue weighted by Crippen LogP contribution is -2.28. The highest BCUT2D eigenvalue weighted by Crippen LogP contribution is 2.30. The molecule has 1 aromatic carbocycles. The van der Waals surface area contributed by atoms with E-state index in [1.807, 2.05) is 0 Å². The maximum Gasteiger partial charge on any atom is 0.307 e. The van der Waals surface area contributed by atoms with E-state index in [0.29, 0.717) is 5.56 Å². The summed E-state index contributed by atoms with van der Waals surface area (Å²) in [5.74, 6) is -1.54. The quantitative estimate of drug-likeness (QED) is 0.779. The third-order valence-electron chi connectivity index (χ3n) is 2.95. The Hall–Kier alpha value is -2.11.